The lowest BCUT2D eigenvalue weighted by molar-refractivity contribution is 0.886. The van der Waals surface area contributed by atoms with Gasteiger partial charge in [-0.05, 0) is 16.1 Å². The Bertz CT molecular complexity index is 513. The SMILES string of the molecule is IC#CCSc1nncn1-c1ccccc1. The van der Waals surface area contributed by atoms with Gasteiger partial charge in [0.15, 0.2) is 5.16 Å². The van der Waals surface area contributed by atoms with Crippen molar-refractivity contribution >= 4 is 34.4 Å². The molecule has 0 radical (unpaired) electrons. The first-order valence-corrected chi connectivity index (χ1v) is 6.65. The van der Waals surface area contributed by atoms with Crippen molar-refractivity contribution in [2.45, 2.75) is 5.16 Å². The minimum absolute atomic E-state index is 0.731. The number of thioether (sulfide) groups is 1. The quantitative estimate of drug-likeness (QED) is 0.489. The van der Waals surface area contributed by atoms with Crippen molar-refractivity contribution in [3.63, 3.8) is 0 Å². The molecule has 5 heteroatoms. The molecule has 0 atom stereocenters. The molecule has 0 bridgehead atoms. The van der Waals surface area contributed by atoms with Crippen LogP contribution < -0.4 is 0 Å². The molecule has 3 nitrogen and oxygen atoms in total. The number of hydrogen-bond donors (Lipinski definition) is 0. The van der Waals surface area contributed by atoms with E-state index in [1.165, 1.54) is 0 Å². The molecular formula is C11H8IN3S. The van der Waals surface area contributed by atoms with Crippen LogP contribution in [-0.2, 0) is 0 Å². The molecule has 0 aliphatic heterocycles. The summed E-state index contributed by atoms with van der Waals surface area (Å²) < 4.78 is 4.79. The van der Waals surface area contributed by atoms with Gasteiger partial charge in [0.05, 0.1) is 5.75 Å². The lowest BCUT2D eigenvalue weighted by Crippen LogP contribution is -1.94. The van der Waals surface area contributed by atoms with E-state index in [0.717, 1.165) is 16.6 Å². The van der Waals surface area contributed by atoms with Gasteiger partial charge in [-0.15, -0.1) is 10.2 Å². The van der Waals surface area contributed by atoms with Crippen molar-refractivity contribution in [2.24, 2.45) is 0 Å². The Balaban J connectivity index is 2.21. The summed E-state index contributed by atoms with van der Waals surface area (Å²) in [5.41, 5.74) is 1.07. The third kappa shape index (κ3) is 2.77. The second-order valence-electron chi connectivity index (χ2n) is 2.88. The van der Waals surface area contributed by atoms with Crippen molar-refractivity contribution in [3.8, 4) is 15.5 Å². The first-order valence-electron chi connectivity index (χ1n) is 4.58. The van der Waals surface area contributed by atoms with Crippen molar-refractivity contribution in [1.29, 1.82) is 0 Å². The second-order valence-corrected chi connectivity index (χ2v) is 4.36. The highest BCUT2D eigenvalue weighted by Crippen LogP contribution is 2.18. The molecule has 2 aromatic rings. The summed E-state index contributed by atoms with van der Waals surface area (Å²) in [5, 5.41) is 8.86. The summed E-state index contributed by atoms with van der Waals surface area (Å²) in [6, 6.07) is 10.0. The topological polar surface area (TPSA) is 30.7 Å². The molecule has 0 aliphatic rings. The summed E-state index contributed by atoms with van der Waals surface area (Å²) in [6.07, 6.45) is 1.72. The van der Waals surface area contributed by atoms with Gasteiger partial charge in [-0.3, -0.25) is 4.57 Å². The zero-order chi connectivity index (χ0) is 11.2. The number of benzene rings is 1. The van der Waals surface area contributed by atoms with E-state index in [4.69, 9.17) is 0 Å². The highest BCUT2D eigenvalue weighted by Gasteiger charge is 2.05. The van der Waals surface area contributed by atoms with Gasteiger partial charge >= 0.3 is 0 Å². The number of aromatic nitrogens is 3. The van der Waals surface area contributed by atoms with Crippen LogP contribution in [0.3, 0.4) is 0 Å². The molecule has 0 spiro atoms. The van der Waals surface area contributed by atoms with Gasteiger partial charge in [-0.25, -0.2) is 0 Å². The summed E-state index contributed by atoms with van der Waals surface area (Å²) in [6.45, 7) is 0. The maximum Gasteiger partial charge on any atom is 0.196 e. The molecule has 0 saturated heterocycles. The van der Waals surface area contributed by atoms with E-state index in [9.17, 15) is 0 Å². The van der Waals surface area contributed by atoms with E-state index in [2.05, 4.69) is 20.0 Å². The molecule has 0 amide bonds. The van der Waals surface area contributed by atoms with Crippen LogP contribution in [0.5, 0.6) is 0 Å². The Labute approximate surface area is 112 Å². The highest BCUT2D eigenvalue weighted by atomic mass is 127. The van der Waals surface area contributed by atoms with Crippen molar-refractivity contribution < 1.29 is 0 Å². The Morgan fingerprint density at radius 1 is 1.31 bits per heavy atom. The average molecular weight is 341 g/mol. The third-order valence-electron chi connectivity index (χ3n) is 1.89. The van der Waals surface area contributed by atoms with E-state index in [1.807, 2.05) is 57.5 Å². The predicted molar refractivity (Wildman–Crippen MR) is 73.9 cm³/mol. The normalized spacial score (nSPS) is 9.56. The Kier molecular flexibility index (Phi) is 4.25. The number of nitrogens with zero attached hydrogens (tertiary/aromatic N) is 3. The Morgan fingerprint density at radius 3 is 2.88 bits per heavy atom. The zero-order valence-electron chi connectivity index (χ0n) is 8.30. The fourth-order valence-corrected chi connectivity index (χ4v) is 2.34. The molecule has 0 N–H and O–H groups in total. The first kappa shape index (κ1) is 11.5. The van der Waals surface area contributed by atoms with Gasteiger partial charge in [-0.2, -0.15) is 0 Å². The molecular weight excluding hydrogens is 333 g/mol. The van der Waals surface area contributed by atoms with Gasteiger partial charge in [0.1, 0.15) is 6.33 Å². The van der Waals surface area contributed by atoms with Crippen LogP contribution in [-0.4, -0.2) is 20.5 Å². The fraction of sp³-hybridized carbons (Fsp3) is 0.0909. The van der Waals surface area contributed by atoms with E-state index in [0.29, 0.717) is 0 Å². The van der Waals surface area contributed by atoms with Crippen LogP contribution in [0.2, 0.25) is 0 Å². The third-order valence-corrected chi connectivity index (χ3v) is 3.10. The molecule has 2 rings (SSSR count). The highest BCUT2D eigenvalue weighted by molar-refractivity contribution is 14.1. The lowest BCUT2D eigenvalue weighted by atomic mass is 10.3. The van der Waals surface area contributed by atoms with Crippen molar-refractivity contribution in [3.05, 3.63) is 36.7 Å². The molecule has 0 fully saturated rings. The zero-order valence-corrected chi connectivity index (χ0v) is 11.3. The van der Waals surface area contributed by atoms with Crippen LogP contribution in [0.15, 0.2) is 41.8 Å². The number of rotatable bonds is 3. The van der Waals surface area contributed by atoms with E-state index in [1.54, 1.807) is 18.1 Å². The summed E-state index contributed by atoms with van der Waals surface area (Å²) >= 11 is 3.62. The fourth-order valence-electron chi connectivity index (χ4n) is 1.22. The smallest absolute Gasteiger partial charge is 0.196 e. The standard InChI is InChI=1S/C11H8IN3S/c12-7-4-8-16-11-14-13-9-15(11)10-5-2-1-3-6-10/h1-3,5-6,9H,8H2. The summed E-state index contributed by atoms with van der Waals surface area (Å²) in [5.74, 6) is 3.71. The lowest BCUT2D eigenvalue weighted by Gasteiger charge is -2.03. The van der Waals surface area contributed by atoms with Crippen LogP contribution in [0.1, 0.15) is 0 Å². The van der Waals surface area contributed by atoms with E-state index < -0.39 is 0 Å². The van der Waals surface area contributed by atoms with Gasteiger partial charge in [-0.1, -0.05) is 35.9 Å². The minimum atomic E-state index is 0.731. The second kappa shape index (κ2) is 5.92. The van der Waals surface area contributed by atoms with E-state index in [-0.39, 0.29) is 0 Å². The summed E-state index contributed by atoms with van der Waals surface area (Å²) in [7, 11) is 0. The maximum atomic E-state index is 4.07. The summed E-state index contributed by atoms with van der Waals surface area (Å²) in [4.78, 5) is 0. The van der Waals surface area contributed by atoms with Crippen LogP contribution in [0.25, 0.3) is 5.69 Å². The molecule has 16 heavy (non-hydrogen) atoms. The first-order chi connectivity index (χ1) is 7.92. The molecule has 1 heterocycles. The Morgan fingerprint density at radius 2 is 2.12 bits per heavy atom. The van der Waals surface area contributed by atoms with E-state index >= 15 is 0 Å². The molecule has 0 saturated carbocycles. The Hall–Kier alpha value is -1.00. The van der Waals surface area contributed by atoms with Gasteiger partial charge in [0.25, 0.3) is 0 Å². The number of halogens is 1. The van der Waals surface area contributed by atoms with Gasteiger partial charge in [0.2, 0.25) is 0 Å². The largest absolute Gasteiger partial charge is 0.277 e. The van der Waals surface area contributed by atoms with Crippen molar-refractivity contribution in [2.75, 3.05) is 5.75 Å². The van der Waals surface area contributed by atoms with Crippen LogP contribution in [0.4, 0.5) is 0 Å². The van der Waals surface area contributed by atoms with Crippen LogP contribution >= 0.6 is 34.4 Å². The van der Waals surface area contributed by atoms with Crippen molar-refractivity contribution in [1.82, 2.24) is 14.8 Å². The molecule has 80 valence electrons. The number of hydrogen-bond acceptors (Lipinski definition) is 3. The monoisotopic (exact) mass is 341 g/mol. The number of para-hydroxylation sites is 1. The minimum Gasteiger partial charge on any atom is -0.277 e. The predicted octanol–water partition coefficient (Wildman–Crippen LogP) is 2.76. The maximum absolute atomic E-state index is 4.07. The molecule has 1 aromatic heterocycles. The van der Waals surface area contributed by atoms with Crippen LogP contribution in [0, 0.1) is 9.85 Å². The molecule has 0 aliphatic carbocycles. The molecule has 0 unspecified atom stereocenters. The molecule has 1 aromatic carbocycles. The average Bonchev–Trinajstić information content (AvgIpc) is 2.79. The van der Waals surface area contributed by atoms with Gasteiger partial charge in [0, 0.05) is 28.3 Å². The van der Waals surface area contributed by atoms with Gasteiger partial charge < -0.3 is 0 Å².